The van der Waals surface area contributed by atoms with E-state index in [1.807, 2.05) is 15.9 Å². The number of tetrazole rings is 1. The molecular weight excluding hydrogens is 358 g/mol. The number of nitrogens with one attached hydrogen (secondary N) is 1. The van der Waals surface area contributed by atoms with Crippen molar-refractivity contribution in [3.63, 3.8) is 0 Å². The van der Waals surface area contributed by atoms with Crippen molar-refractivity contribution in [1.29, 1.82) is 0 Å². The van der Waals surface area contributed by atoms with E-state index in [2.05, 4.69) is 34.3 Å². The molecule has 1 saturated heterocycles. The summed E-state index contributed by atoms with van der Waals surface area (Å²) in [5.74, 6) is 1.77. The Kier molecular flexibility index (Phi) is 4.47. The third-order valence-electron chi connectivity index (χ3n) is 6.26. The SMILES string of the molecule is CCC[NH+]1CCc2c(sc3c2c(N2CCCC[C@H]2CC)nc2nnnn23)C1. The monoisotopic (exact) mass is 386 g/mol. The Morgan fingerprint density at radius 2 is 2.19 bits per heavy atom. The molecule has 1 fully saturated rings. The van der Waals surface area contributed by atoms with Crippen molar-refractivity contribution in [2.24, 2.45) is 0 Å². The molecule has 2 aliphatic rings. The van der Waals surface area contributed by atoms with Crippen molar-refractivity contribution in [2.75, 3.05) is 24.5 Å². The number of thiophene rings is 1. The van der Waals surface area contributed by atoms with E-state index in [4.69, 9.17) is 4.98 Å². The first-order chi connectivity index (χ1) is 13.3. The Balaban J connectivity index is 1.70. The van der Waals surface area contributed by atoms with Crippen LogP contribution in [0.4, 0.5) is 5.82 Å². The Morgan fingerprint density at radius 1 is 1.26 bits per heavy atom. The smallest absolute Gasteiger partial charge is 0.276 e. The number of aromatic nitrogens is 5. The normalized spacial score (nSPS) is 23.3. The van der Waals surface area contributed by atoms with Crippen molar-refractivity contribution >= 4 is 33.1 Å². The van der Waals surface area contributed by atoms with Crippen LogP contribution in [-0.4, -0.2) is 50.7 Å². The van der Waals surface area contributed by atoms with Gasteiger partial charge in [-0.2, -0.15) is 9.50 Å². The van der Waals surface area contributed by atoms with Crippen LogP contribution in [0, 0.1) is 0 Å². The number of hydrogen-bond donors (Lipinski definition) is 1. The number of nitrogens with zero attached hydrogens (tertiary/aromatic N) is 6. The van der Waals surface area contributed by atoms with Gasteiger partial charge in [-0.05, 0) is 48.1 Å². The molecule has 0 radical (unpaired) electrons. The maximum absolute atomic E-state index is 4.97. The van der Waals surface area contributed by atoms with Gasteiger partial charge in [0.25, 0.3) is 5.78 Å². The third kappa shape index (κ3) is 2.81. The average Bonchev–Trinajstić information content (AvgIpc) is 3.31. The molecule has 0 bridgehead atoms. The molecule has 144 valence electrons. The summed E-state index contributed by atoms with van der Waals surface area (Å²) in [6.07, 6.45) is 7.38. The first-order valence-electron chi connectivity index (χ1n) is 10.4. The van der Waals surface area contributed by atoms with Gasteiger partial charge < -0.3 is 9.80 Å². The fourth-order valence-electron chi connectivity index (χ4n) is 4.91. The first-order valence-corrected chi connectivity index (χ1v) is 11.2. The van der Waals surface area contributed by atoms with Crippen LogP contribution < -0.4 is 9.80 Å². The van der Waals surface area contributed by atoms with Gasteiger partial charge in [-0.3, -0.25) is 0 Å². The van der Waals surface area contributed by atoms with Crippen molar-refractivity contribution in [1.82, 2.24) is 25.0 Å². The average molecular weight is 387 g/mol. The lowest BCUT2D eigenvalue weighted by molar-refractivity contribution is -0.915. The molecule has 0 saturated carbocycles. The summed E-state index contributed by atoms with van der Waals surface area (Å²) >= 11 is 1.88. The molecule has 0 aromatic carbocycles. The maximum atomic E-state index is 4.97. The van der Waals surface area contributed by atoms with Gasteiger partial charge in [-0.1, -0.05) is 18.9 Å². The van der Waals surface area contributed by atoms with Crippen LogP contribution in [0.3, 0.4) is 0 Å². The standard InChI is InChI=1S/C19H27N7S/c1-3-9-24-11-8-14-15(12-24)27-18-16(14)17(20-19-21-22-23-26(18)19)25-10-6-5-7-13(25)4-2/h13H,3-12H2,1-2H3/p+1/t13-/m1/s1. The first kappa shape index (κ1) is 17.3. The van der Waals surface area contributed by atoms with Gasteiger partial charge in [0, 0.05) is 19.0 Å². The number of fused-ring (bicyclic) bond motifs is 5. The van der Waals surface area contributed by atoms with Crippen molar-refractivity contribution < 1.29 is 4.90 Å². The number of piperidine rings is 1. The second-order valence-corrected chi connectivity index (χ2v) is 9.02. The molecule has 3 aromatic heterocycles. The fraction of sp³-hybridized carbons (Fsp3) is 0.684. The lowest BCUT2D eigenvalue weighted by Crippen LogP contribution is -3.11. The molecule has 1 N–H and O–H groups in total. The Morgan fingerprint density at radius 3 is 3.04 bits per heavy atom. The van der Waals surface area contributed by atoms with Crippen LogP contribution in [0.25, 0.3) is 16.0 Å². The van der Waals surface area contributed by atoms with Gasteiger partial charge in [0.05, 0.1) is 23.4 Å². The highest BCUT2D eigenvalue weighted by Gasteiger charge is 2.31. The zero-order valence-electron chi connectivity index (χ0n) is 16.2. The van der Waals surface area contributed by atoms with E-state index < -0.39 is 0 Å². The van der Waals surface area contributed by atoms with Crippen LogP contribution in [0.15, 0.2) is 0 Å². The largest absolute Gasteiger partial charge is 0.353 e. The van der Waals surface area contributed by atoms with E-state index in [0.717, 1.165) is 25.3 Å². The van der Waals surface area contributed by atoms with Crippen molar-refractivity contribution in [2.45, 2.75) is 65.0 Å². The van der Waals surface area contributed by atoms with Crippen molar-refractivity contribution in [3.05, 3.63) is 10.4 Å². The minimum absolute atomic E-state index is 0.578. The van der Waals surface area contributed by atoms with Crippen molar-refractivity contribution in [3.8, 4) is 0 Å². The van der Waals surface area contributed by atoms with Crippen LogP contribution >= 0.6 is 11.3 Å². The molecule has 8 heteroatoms. The summed E-state index contributed by atoms with van der Waals surface area (Å²) in [6, 6.07) is 0.578. The van der Waals surface area contributed by atoms with Crippen LogP contribution in [0.5, 0.6) is 0 Å². The van der Waals surface area contributed by atoms with E-state index in [9.17, 15) is 0 Å². The topological polar surface area (TPSA) is 63.7 Å². The van der Waals surface area contributed by atoms with Crippen LogP contribution in [0.2, 0.25) is 0 Å². The zero-order valence-corrected chi connectivity index (χ0v) is 17.1. The molecule has 5 rings (SSSR count). The second kappa shape index (κ2) is 6.98. The number of hydrogen-bond acceptors (Lipinski definition) is 6. The predicted octanol–water partition coefficient (Wildman–Crippen LogP) is 1.85. The van der Waals surface area contributed by atoms with Gasteiger partial charge in [0.15, 0.2) is 0 Å². The molecule has 0 amide bonds. The van der Waals surface area contributed by atoms with Crippen LogP contribution in [-0.2, 0) is 13.0 Å². The molecule has 1 unspecified atom stereocenters. The minimum Gasteiger partial charge on any atom is -0.353 e. The van der Waals surface area contributed by atoms with E-state index in [1.54, 1.807) is 4.90 Å². The van der Waals surface area contributed by atoms with Gasteiger partial charge in [-0.15, -0.1) is 11.3 Å². The van der Waals surface area contributed by atoms with E-state index >= 15 is 0 Å². The fourth-order valence-corrected chi connectivity index (χ4v) is 6.27. The summed E-state index contributed by atoms with van der Waals surface area (Å²) in [5, 5.41) is 13.7. The Hall–Kier alpha value is -1.80. The predicted molar refractivity (Wildman–Crippen MR) is 108 cm³/mol. The van der Waals surface area contributed by atoms with Gasteiger partial charge in [-0.25, -0.2) is 0 Å². The quantitative estimate of drug-likeness (QED) is 0.741. The lowest BCUT2D eigenvalue weighted by atomic mass is 9.98. The Labute approximate surface area is 163 Å². The third-order valence-corrected chi connectivity index (χ3v) is 7.47. The maximum Gasteiger partial charge on any atom is 0.276 e. The number of quaternary nitrogens is 1. The van der Waals surface area contributed by atoms with E-state index in [1.165, 1.54) is 65.9 Å². The molecule has 3 aromatic rings. The highest BCUT2D eigenvalue weighted by molar-refractivity contribution is 7.19. The Bertz CT molecular complexity index is 962. The summed E-state index contributed by atoms with van der Waals surface area (Å²) in [5.41, 5.74) is 1.51. The summed E-state index contributed by atoms with van der Waals surface area (Å²) in [6.45, 7) is 9.27. The number of anilines is 1. The van der Waals surface area contributed by atoms with Gasteiger partial charge in [0.2, 0.25) is 0 Å². The number of rotatable bonds is 4. The lowest BCUT2D eigenvalue weighted by Gasteiger charge is -2.36. The molecular formula is C19H28N7S+. The molecule has 0 aliphatic carbocycles. The summed E-state index contributed by atoms with van der Waals surface area (Å²) < 4.78 is 1.85. The van der Waals surface area contributed by atoms with Gasteiger partial charge >= 0.3 is 0 Å². The highest BCUT2D eigenvalue weighted by Crippen LogP contribution is 2.39. The molecule has 0 spiro atoms. The van der Waals surface area contributed by atoms with E-state index in [-0.39, 0.29) is 0 Å². The molecule has 27 heavy (non-hydrogen) atoms. The second-order valence-electron chi connectivity index (χ2n) is 7.94. The van der Waals surface area contributed by atoms with Crippen LogP contribution in [0.1, 0.15) is 56.4 Å². The minimum atomic E-state index is 0.578. The molecule has 7 nitrogen and oxygen atoms in total. The molecule has 2 atom stereocenters. The highest BCUT2D eigenvalue weighted by atomic mass is 32.1. The summed E-state index contributed by atoms with van der Waals surface area (Å²) in [4.78, 5) is 11.9. The summed E-state index contributed by atoms with van der Waals surface area (Å²) in [7, 11) is 0. The zero-order chi connectivity index (χ0) is 18.4. The van der Waals surface area contributed by atoms with E-state index in [0.29, 0.717) is 11.8 Å². The molecule has 5 heterocycles. The molecule has 2 aliphatic heterocycles. The van der Waals surface area contributed by atoms with Gasteiger partial charge in [0.1, 0.15) is 17.2 Å².